The second-order valence-electron chi connectivity index (χ2n) is 8.88. The van der Waals surface area contributed by atoms with E-state index in [0.29, 0.717) is 34.4 Å². The summed E-state index contributed by atoms with van der Waals surface area (Å²) in [6.45, 7) is 9.67. The Morgan fingerprint density at radius 3 is 2.18 bits per heavy atom. The van der Waals surface area contributed by atoms with Crippen molar-refractivity contribution in [2.24, 2.45) is 0 Å². The Morgan fingerprint density at radius 1 is 1.18 bits per heavy atom. The quantitative estimate of drug-likeness (QED) is 0.269. The van der Waals surface area contributed by atoms with E-state index in [4.69, 9.17) is 0 Å². The van der Waals surface area contributed by atoms with Crippen molar-refractivity contribution < 1.29 is 37.3 Å². The third kappa shape index (κ3) is 9.83. The Hall–Kier alpha value is -3.37. The van der Waals surface area contributed by atoms with Gasteiger partial charge < -0.3 is 24.7 Å². The van der Waals surface area contributed by atoms with Gasteiger partial charge in [0.25, 0.3) is 0 Å². The maximum Gasteiger partial charge on any atom is 0.573 e. The SMILES string of the molecule is C=C(C)F.CC/C(C)=C/N(C)c1c(C)c(-c2ccc(OC(F)(F)F)cc2)cc(CN(C)C=O)c1C(O)CO. The minimum absolute atomic E-state index is 0.162. The number of ether oxygens (including phenoxy) is 1. The van der Waals surface area contributed by atoms with Gasteiger partial charge in [-0.3, -0.25) is 4.79 Å². The molecule has 10 heteroatoms. The molecule has 0 spiro atoms. The van der Waals surface area contributed by atoms with Crippen molar-refractivity contribution in [1.29, 1.82) is 0 Å². The van der Waals surface area contributed by atoms with Crippen LogP contribution in [0.25, 0.3) is 11.1 Å². The number of anilines is 1. The maximum absolute atomic E-state index is 12.6. The molecule has 2 rings (SSSR count). The van der Waals surface area contributed by atoms with Crippen LogP contribution in [0, 0.1) is 6.92 Å². The molecule has 0 fully saturated rings. The summed E-state index contributed by atoms with van der Waals surface area (Å²) in [7, 11) is 3.42. The summed E-state index contributed by atoms with van der Waals surface area (Å²) < 4.78 is 52.4. The second-order valence-corrected chi connectivity index (χ2v) is 8.88. The van der Waals surface area contributed by atoms with Gasteiger partial charge in [0.05, 0.1) is 18.1 Å². The fraction of sp³-hybridized carbons (Fsp3) is 0.393. The smallest absolute Gasteiger partial charge is 0.406 e. The number of aliphatic hydroxyl groups is 2. The van der Waals surface area contributed by atoms with Crippen LogP contribution < -0.4 is 9.64 Å². The molecule has 0 aromatic heterocycles. The van der Waals surface area contributed by atoms with E-state index < -0.39 is 19.1 Å². The molecule has 0 radical (unpaired) electrons. The van der Waals surface area contributed by atoms with Crippen molar-refractivity contribution in [1.82, 2.24) is 4.90 Å². The van der Waals surface area contributed by atoms with Gasteiger partial charge in [-0.05, 0) is 67.6 Å². The van der Waals surface area contributed by atoms with Crippen LogP contribution in [0.5, 0.6) is 5.75 Å². The molecule has 38 heavy (non-hydrogen) atoms. The Balaban J connectivity index is 0.00000168. The number of benzene rings is 2. The molecule has 2 N–H and O–H groups in total. The third-order valence-electron chi connectivity index (χ3n) is 5.51. The third-order valence-corrected chi connectivity index (χ3v) is 5.51. The number of aliphatic hydroxyl groups excluding tert-OH is 2. The minimum Gasteiger partial charge on any atom is -0.406 e. The molecule has 2 aromatic carbocycles. The highest BCUT2D eigenvalue weighted by atomic mass is 19.4. The van der Waals surface area contributed by atoms with Crippen molar-refractivity contribution in [3.8, 4) is 16.9 Å². The second kappa shape index (κ2) is 14.5. The number of amides is 1. The summed E-state index contributed by atoms with van der Waals surface area (Å²) in [5, 5.41) is 20.5. The van der Waals surface area contributed by atoms with E-state index in [1.54, 1.807) is 13.1 Å². The molecule has 0 heterocycles. The van der Waals surface area contributed by atoms with Crippen LogP contribution >= 0.6 is 0 Å². The predicted octanol–water partition coefficient (Wildman–Crippen LogP) is 6.41. The first-order chi connectivity index (χ1) is 17.6. The maximum atomic E-state index is 12.6. The molecular weight excluding hydrogens is 504 g/mol. The van der Waals surface area contributed by atoms with Gasteiger partial charge in [0.2, 0.25) is 6.41 Å². The Kier molecular flexibility index (Phi) is 12.5. The van der Waals surface area contributed by atoms with E-state index in [1.165, 1.54) is 36.1 Å². The molecule has 0 saturated carbocycles. The molecule has 0 saturated heterocycles. The fourth-order valence-corrected chi connectivity index (χ4v) is 3.82. The molecule has 1 unspecified atom stereocenters. The highest BCUT2D eigenvalue weighted by Crippen LogP contribution is 2.40. The molecule has 1 atom stereocenters. The topological polar surface area (TPSA) is 73.2 Å². The molecule has 0 aliphatic carbocycles. The molecular formula is C28H36F4N2O4. The van der Waals surface area contributed by atoms with Crippen LogP contribution in [0.3, 0.4) is 0 Å². The fourth-order valence-electron chi connectivity index (χ4n) is 3.82. The van der Waals surface area contributed by atoms with Gasteiger partial charge in [0, 0.05) is 32.4 Å². The van der Waals surface area contributed by atoms with Crippen LogP contribution in [-0.4, -0.2) is 48.6 Å². The number of allylic oxidation sites excluding steroid dienone is 2. The standard InChI is InChI=1S/C25H31F3N2O4.C3H5F/c1-6-16(2)12-30(5)24-17(3)21(18-7-9-20(10-8-18)34-25(26,27)28)11-19(13-29(4)15-32)23(24)22(33)14-31;1-3(2)4/h7-12,15,22,31,33H,6,13-14H2,1-5H3;1H2,2H3/b16-12+;. The van der Waals surface area contributed by atoms with Gasteiger partial charge in [-0.15, -0.1) is 13.2 Å². The number of carbonyl (C=O) groups is 1. The molecule has 0 aliphatic heterocycles. The van der Waals surface area contributed by atoms with Gasteiger partial charge in [0.15, 0.2) is 0 Å². The van der Waals surface area contributed by atoms with Crippen molar-refractivity contribution in [2.45, 2.75) is 53.1 Å². The number of nitrogens with zero attached hydrogens (tertiary/aromatic N) is 2. The van der Waals surface area contributed by atoms with Gasteiger partial charge >= 0.3 is 6.36 Å². The monoisotopic (exact) mass is 540 g/mol. The average molecular weight is 541 g/mol. The molecule has 210 valence electrons. The molecule has 6 nitrogen and oxygen atoms in total. The average Bonchev–Trinajstić information content (AvgIpc) is 2.83. The normalized spacial score (nSPS) is 12.3. The van der Waals surface area contributed by atoms with Crippen molar-refractivity contribution in [2.75, 3.05) is 25.6 Å². The van der Waals surface area contributed by atoms with E-state index in [0.717, 1.165) is 17.6 Å². The van der Waals surface area contributed by atoms with E-state index in [1.807, 2.05) is 38.9 Å². The zero-order valence-corrected chi connectivity index (χ0v) is 22.6. The lowest BCUT2D eigenvalue weighted by Gasteiger charge is -2.29. The van der Waals surface area contributed by atoms with Crippen molar-refractivity contribution in [3.05, 3.63) is 71.2 Å². The highest BCUT2D eigenvalue weighted by molar-refractivity contribution is 5.79. The van der Waals surface area contributed by atoms with E-state index in [-0.39, 0.29) is 18.1 Å². The number of hydrogen-bond acceptors (Lipinski definition) is 5. The van der Waals surface area contributed by atoms with Crippen LogP contribution in [0.15, 0.2) is 54.5 Å². The number of carbonyl (C=O) groups excluding carboxylic acids is 1. The zero-order chi connectivity index (χ0) is 29.2. The summed E-state index contributed by atoms with van der Waals surface area (Å²) in [4.78, 5) is 14.6. The Morgan fingerprint density at radius 2 is 1.74 bits per heavy atom. The number of halogens is 4. The van der Waals surface area contributed by atoms with E-state index in [2.05, 4.69) is 11.3 Å². The Labute approximate surface area is 221 Å². The number of rotatable bonds is 10. The number of hydrogen-bond donors (Lipinski definition) is 2. The first-order valence-corrected chi connectivity index (χ1v) is 11.8. The predicted molar refractivity (Wildman–Crippen MR) is 141 cm³/mol. The summed E-state index contributed by atoms with van der Waals surface area (Å²) in [6, 6.07) is 7.31. The number of alkyl halides is 3. The van der Waals surface area contributed by atoms with E-state index >= 15 is 0 Å². The van der Waals surface area contributed by atoms with Crippen LogP contribution in [0.1, 0.15) is 50.0 Å². The largest absolute Gasteiger partial charge is 0.573 e. The van der Waals surface area contributed by atoms with Gasteiger partial charge in [-0.1, -0.05) is 31.2 Å². The molecule has 0 aliphatic rings. The van der Waals surface area contributed by atoms with Gasteiger partial charge in [-0.2, -0.15) is 0 Å². The van der Waals surface area contributed by atoms with E-state index in [9.17, 15) is 32.6 Å². The molecule has 2 aromatic rings. The van der Waals surface area contributed by atoms with Crippen LogP contribution in [0.4, 0.5) is 23.2 Å². The summed E-state index contributed by atoms with van der Waals surface area (Å²) >= 11 is 0. The van der Waals surface area contributed by atoms with Gasteiger partial charge in [0.1, 0.15) is 11.9 Å². The van der Waals surface area contributed by atoms with Crippen molar-refractivity contribution >= 4 is 12.1 Å². The first kappa shape index (κ1) is 32.7. The summed E-state index contributed by atoms with van der Waals surface area (Å²) in [5.41, 5.74) is 4.93. The highest BCUT2D eigenvalue weighted by Gasteiger charge is 2.31. The summed E-state index contributed by atoms with van der Waals surface area (Å²) in [5.74, 6) is -0.666. The minimum atomic E-state index is -4.79. The molecule has 1 amide bonds. The summed E-state index contributed by atoms with van der Waals surface area (Å²) in [6.07, 6.45) is -2.60. The molecule has 0 bridgehead atoms. The first-order valence-electron chi connectivity index (χ1n) is 11.8. The lowest BCUT2D eigenvalue weighted by molar-refractivity contribution is -0.274. The Bertz CT molecular complexity index is 1110. The lowest BCUT2D eigenvalue weighted by Crippen LogP contribution is -2.22. The lowest BCUT2D eigenvalue weighted by atomic mass is 9.89. The zero-order valence-electron chi connectivity index (χ0n) is 22.6. The van der Waals surface area contributed by atoms with Crippen LogP contribution in [0.2, 0.25) is 0 Å². The van der Waals surface area contributed by atoms with Gasteiger partial charge in [-0.25, -0.2) is 4.39 Å². The van der Waals surface area contributed by atoms with Crippen LogP contribution in [-0.2, 0) is 11.3 Å². The van der Waals surface area contributed by atoms with Crippen molar-refractivity contribution in [3.63, 3.8) is 0 Å².